The minimum atomic E-state index is -0.689. The van der Waals surface area contributed by atoms with Crippen LogP contribution in [-0.4, -0.2) is 49.4 Å². The second-order valence-corrected chi connectivity index (χ2v) is 7.61. The number of amides is 3. The van der Waals surface area contributed by atoms with Gasteiger partial charge in [0.25, 0.3) is 5.91 Å². The Morgan fingerprint density at radius 2 is 1.84 bits per heavy atom. The van der Waals surface area contributed by atoms with E-state index in [0.29, 0.717) is 22.6 Å². The molecule has 31 heavy (non-hydrogen) atoms. The van der Waals surface area contributed by atoms with E-state index in [1.54, 1.807) is 49.5 Å². The van der Waals surface area contributed by atoms with Crippen molar-refractivity contribution in [2.45, 2.75) is 31.5 Å². The molecule has 2 aromatic carbocycles. The maximum absolute atomic E-state index is 12.9. The van der Waals surface area contributed by atoms with Gasteiger partial charge in [-0.2, -0.15) is 0 Å². The lowest BCUT2D eigenvalue weighted by Crippen LogP contribution is -2.43. The van der Waals surface area contributed by atoms with Gasteiger partial charge in [-0.1, -0.05) is 18.2 Å². The van der Waals surface area contributed by atoms with Gasteiger partial charge in [0.05, 0.1) is 20.8 Å². The van der Waals surface area contributed by atoms with Crippen LogP contribution in [0.5, 0.6) is 11.5 Å². The zero-order chi connectivity index (χ0) is 22.0. The Bertz CT molecular complexity index is 1020. The van der Waals surface area contributed by atoms with Gasteiger partial charge < -0.3 is 25.0 Å². The number of carbonyl (C=O) groups excluding carboxylic acids is 3. The topological polar surface area (TPSA) is 97.0 Å². The first-order valence-corrected chi connectivity index (χ1v) is 10.2. The Kier molecular flexibility index (Phi) is 5.79. The highest BCUT2D eigenvalue weighted by Crippen LogP contribution is 2.41. The molecule has 8 nitrogen and oxygen atoms in total. The summed E-state index contributed by atoms with van der Waals surface area (Å²) < 4.78 is 10.5. The fourth-order valence-corrected chi connectivity index (χ4v) is 3.85. The van der Waals surface area contributed by atoms with Crippen molar-refractivity contribution in [3.63, 3.8) is 0 Å². The van der Waals surface area contributed by atoms with Crippen molar-refractivity contribution in [1.82, 2.24) is 15.5 Å². The second kappa shape index (κ2) is 8.67. The Morgan fingerprint density at radius 3 is 2.55 bits per heavy atom. The lowest BCUT2D eigenvalue weighted by Gasteiger charge is -2.24. The molecule has 0 saturated heterocycles. The van der Waals surface area contributed by atoms with Gasteiger partial charge in [0.15, 0.2) is 0 Å². The van der Waals surface area contributed by atoms with Gasteiger partial charge in [0.2, 0.25) is 11.8 Å². The normalized spacial score (nSPS) is 17.2. The van der Waals surface area contributed by atoms with Crippen LogP contribution in [0.3, 0.4) is 0 Å². The molecule has 1 atom stereocenters. The first-order valence-electron chi connectivity index (χ1n) is 10.2. The lowest BCUT2D eigenvalue weighted by molar-refractivity contribution is -0.129. The Hall–Kier alpha value is -3.55. The van der Waals surface area contributed by atoms with Crippen LogP contribution in [0, 0.1) is 0 Å². The van der Waals surface area contributed by atoms with Crippen molar-refractivity contribution in [3.05, 3.63) is 59.2 Å². The van der Waals surface area contributed by atoms with E-state index in [9.17, 15) is 14.4 Å². The Balaban J connectivity index is 1.36. The molecule has 1 heterocycles. The molecule has 3 amide bonds. The highest BCUT2D eigenvalue weighted by atomic mass is 16.5. The summed E-state index contributed by atoms with van der Waals surface area (Å²) in [6, 6.07) is 11.9. The molecular formula is C23H25N3O5. The second-order valence-electron chi connectivity index (χ2n) is 7.61. The zero-order valence-electron chi connectivity index (χ0n) is 17.5. The average Bonchev–Trinajstić information content (AvgIpc) is 3.59. The molecule has 2 aliphatic rings. The number of hydrogen-bond donors (Lipinski definition) is 2. The quantitative estimate of drug-likeness (QED) is 0.675. The summed E-state index contributed by atoms with van der Waals surface area (Å²) in [7, 11) is 3.12. The third-order valence-electron chi connectivity index (χ3n) is 5.58. The minimum absolute atomic E-state index is 0.0898. The molecule has 8 heteroatoms. The molecule has 1 saturated carbocycles. The maximum Gasteiger partial charge on any atom is 0.255 e. The van der Waals surface area contributed by atoms with Crippen LogP contribution < -0.4 is 20.1 Å². The van der Waals surface area contributed by atoms with E-state index in [1.165, 1.54) is 0 Å². The highest BCUT2D eigenvalue weighted by Gasteiger charge is 2.47. The molecule has 1 aliphatic carbocycles. The highest BCUT2D eigenvalue weighted by molar-refractivity contribution is 6.05. The smallest absolute Gasteiger partial charge is 0.255 e. The van der Waals surface area contributed by atoms with Crippen molar-refractivity contribution in [2.75, 3.05) is 20.8 Å². The molecule has 1 aliphatic heterocycles. The summed E-state index contributed by atoms with van der Waals surface area (Å²) in [5.74, 6) is 0.467. The third-order valence-corrected chi connectivity index (χ3v) is 5.58. The van der Waals surface area contributed by atoms with E-state index in [4.69, 9.17) is 9.47 Å². The van der Waals surface area contributed by atoms with Gasteiger partial charge in [0, 0.05) is 29.8 Å². The number of ether oxygens (including phenoxy) is 2. The summed E-state index contributed by atoms with van der Waals surface area (Å²) in [4.78, 5) is 39.6. The summed E-state index contributed by atoms with van der Waals surface area (Å²) in [5.41, 5.74) is 2.05. The van der Waals surface area contributed by atoms with E-state index < -0.39 is 6.04 Å². The molecule has 0 aromatic heterocycles. The lowest BCUT2D eigenvalue weighted by atomic mass is 10.0. The van der Waals surface area contributed by atoms with E-state index in [-0.39, 0.29) is 36.9 Å². The minimum Gasteiger partial charge on any atom is -0.497 e. The SMILES string of the molecule is COc1ccc(CNC(=O)CNC(=O)C2c3ccccc3C(=O)N2C2CC2)c(OC)c1. The molecule has 162 valence electrons. The summed E-state index contributed by atoms with van der Waals surface area (Å²) in [5, 5.41) is 5.46. The van der Waals surface area contributed by atoms with E-state index in [2.05, 4.69) is 10.6 Å². The van der Waals surface area contributed by atoms with Crippen LogP contribution in [0.25, 0.3) is 0 Å². The third kappa shape index (κ3) is 4.19. The number of fused-ring (bicyclic) bond motifs is 1. The van der Waals surface area contributed by atoms with Gasteiger partial charge in [-0.25, -0.2) is 0 Å². The van der Waals surface area contributed by atoms with Crippen LogP contribution in [0.1, 0.15) is 40.4 Å². The first-order chi connectivity index (χ1) is 15.0. The number of rotatable bonds is 8. The number of methoxy groups -OCH3 is 2. The van der Waals surface area contributed by atoms with Crippen molar-refractivity contribution >= 4 is 17.7 Å². The van der Waals surface area contributed by atoms with E-state index >= 15 is 0 Å². The van der Waals surface area contributed by atoms with Gasteiger partial charge in [-0.15, -0.1) is 0 Å². The van der Waals surface area contributed by atoms with Crippen molar-refractivity contribution in [1.29, 1.82) is 0 Å². The molecule has 1 unspecified atom stereocenters. The number of nitrogens with zero attached hydrogens (tertiary/aromatic N) is 1. The van der Waals surface area contributed by atoms with E-state index in [1.807, 2.05) is 12.1 Å². The molecule has 2 N–H and O–H groups in total. The molecule has 2 aromatic rings. The van der Waals surface area contributed by atoms with Gasteiger partial charge >= 0.3 is 0 Å². The van der Waals surface area contributed by atoms with Gasteiger partial charge in [-0.3, -0.25) is 14.4 Å². The predicted molar refractivity (Wildman–Crippen MR) is 113 cm³/mol. The summed E-state index contributed by atoms with van der Waals surface area (Å²) in [6.07, 6.45) is 1.79. The average molecular weight is 423 g/mol. The number of benzene rings is 2. The molecule has 1 fully saturated rings. The molecule has 0 radical (unpaired) electrons. The van der Waals surface area contributed by atoms with Crippen molar-refractivity contribution < 1.29 is 23.9 Å². The number of hydrogen-bond acceptors (Lipinski definition) is 5. The Morgan fingerprint density at radius 1 is 1.06 bits per heavy atom. The van der Waals surface area contributed by atoms with E-state index in [0.717, 1.165) is 18.4 Å². The maximum atomic E-state index is 12.9. The predicted octanol–water partition coefficient (Wildman–Crippen LogP) is 1.80. The van der Waals surface area contributed by atoms with Crippen molar-refractivity contribution in [2.24, 2.45) is 0 Å². The fourth-order valence-electron chi connectivity index (χ4n) is 3.85. The number of carbonyl (C=O) groups is 3. The fraction of sp³-hybridized carbons (Fsp3) is 0.348. The van der Waals surface area contributed by atoms with Crippen LogP contribution >= 0.6 is 0 Å². The first kappa shape index (κ1) is 20.7. The van der Waals surface area contributed by atoms with Gasteiger partial charge in [0.1, 0.15) is 17.5 Å². The zero-order valence-corrected chi connectivity index (χ0v) is 17.5. The molecule has 4 rings (SSSR count). The van der Waals surface area contributed by atoms with Crippen LogP contribution in [0.2, 0.25) is 0 Å². The monoisotopic (exact) mass is 423 g/mol. The standard InChI is InChI=1S/C23H25N3O5/c1-30-16-10-7-14(19(11-16)31-2)12-24-20(27)13-25-22(28)21-17-5-3-4-6-18(17)23(29)26(21)15-8-9-15/h3-7,10-11,15,21H,8-9,12-13H2,1-2H3,(H,24,27)(H,25,28). The van der Waals surface area contributed by atoms with Gasteiger partial charge in [-0.05, 0) is 36.6 Å². The van der Waals surface area contributed by atoms with Crippen molar-refractivity contribution in [3.8, 4) is 11.5 Å². The van der Waals surface area contributed by atoms with Crippen LogP contribution in [0.4, 0.5) is 0 Å². The van der Waals surface area contributed by atoms with Crippen LogP contribution in [-0.2, 0) is 16.1 Å². The Labute approximate surface area is 180 Å². The largest absolute Gasteiger partial charge is 0.497 e. The number of nitrogens with one attached hydrogen (secondary N) is 2. The summed E-state index contributed by atoms with van der Waals surface area (Å²) in [6.45, 7) is 0.0729. The summed E-state index contributed by atoms with van der Waals surface area (Å²) >= 11 is 0. The molecular weight excluding hydrogens is 398 g/mol. The molecule has 0 bridgehead atoms. The molecule has 0 spiro atoms. The van der Waals surface area contributed by atoms with Crippen LogP contribution in [0.15, 0.2) is 42.5 Å².